The number of amides is 1. The van der Waals surface area contributed by atoms with Crippen LogP contribution in [0.25, 0.3) is 0 Å². The minimum absolute atomic E-state index is 0.0244. The van der Waals surface area contributed by atoms with Crippen LogP contribution in [0.15, 0.2) is 58.1 Å². The summed E-state index contributed by atoms with van der Waals surface area (Å²) in [7, 11) is 0. The van der Waals surface area contributed by atoms with Crippen LogP contribution >= 0.6 is 15.9 Å². The smallest absolute Gasteiger partial charge is 0.350 e. The van der Waals surface area contributed by atoms with Crippen LogP contribution < -0.4 is 10.2 Å². The van der Waals surface area contributed by atoms with Crippen LogP contribution in [-0.2, 0) is 11.3 Å². The average molecular weight is 514 g/mol. The number of benzene rings is 2. The Balaban J connectivity index is 1.76. The molecule has 11 heteroatoms. The fourth-order valence-electron chi connectivity index (χ4n) is 3.02. The molecule has 33 heavy (non-hydrogen) atoms. The molecule has 1 N–H and O–H groups in total. The largest absolute Gasteiger partial charge is 0.422 e. The Hall–Kier alpha value is -3.86. The van der Waals surface area contributed by atoms with Crippen LogP contribution in [0.4, 0.5) is 5.69 Å². The van der Waals surface area contributed by atoms with Gasteiger partial charge in [-0.25, -0.2) is 10.2 Å². The van der Waals surface area contributed by atoms with E-state index in [0.717, 1.165) is 15.9 Å². The number of nitrogens with one attached hydrogen (secondary N) is 1. The van der Waals surface area contributed by atoms with Crippen molar-refractivity contribution >= 4 is 39.2 Å². The number of aromatic nitrogens is 2. The molecule has 0 aliphatic heterocycles. The van der Waals surface area contributed by atoms with E-state index in [-0.39, 0.29) is 29.5 Å². The molecule has 3 rings (SSSR count). The number of halogens is 1. The van der Waals surface area contributed by atoms with Gasteiger partial charge in [-0.3, -0.25) is 19.6 Å². The number of para-hydroxylation sites is 2. The molecular weight excluding hydrogens is 494 g/mol. The van der Waals surface area contributed by atoms with Gasteiger partial charge < -0.3 is 4.74 Å². The molecule has 0 spiro atoms. The van der Waals surface area contributed by atoms with Crippen LogP contribution in [0.3, 0.4) is 0 Å². The van der Waals surface area contributed by atoms with Gasteiger partial charge in [0.05, 0.1) is 26.5 Å². The topological polar surface area (TPSA) is 129 Å². The summed E-state index contributed by atoms with van der Waals surface area (Å²) >= 11 is 3.42. The molecule has 170 valence electrons. The van der Waals surface area contributed by atoms with Gasteiger partial charge >= 0.3 is 5.97 Å². The standard InChI is InChI=1S/C22H20BrN5O5/c1-13(24-25-20(29)12-27-15(3)21(23)14(2)26-27)16-8-5-7-11-19(16)33-22(30)17-9-4-6-10-18(17)28(31)32/h4-11H,12H2,1-3H3,(H,25,29). The van der Waals surface area contributed by atoms with E-state index in [1.165, 1.54) is 30.3 Å². The maximum atomic E-state index is 12.6. The van der Waals surface area contributed by atoms with Gasteiger partial charge in [0.1, 0.15) is 17.9 Å². The maximum absolute atomic E-state index is 12.6. The Kier molecular flexibility index (Phi) is 7.34. The third-order valence-electron chi connectivity index (χ3n) is 4.74. The number of nitro groups is 1. The zero-order chi connectivity index (χ0) is 24.1. The molecule has 0 aliphatic rings. The van der Waals surface area contributed by atoms with Crippen molar-refractivity contribution in [2.75, 3.05) is 0 Å². The molecule has 1 amide bonds. The Morgan fingerprint density at radius 3 is 2.42 bits per heavy atom. The summed E-state index contributed by atoms with van der Waals surface area (Å²) in [5, 5.41) is 19.6. The molecule has 0 radical (unpaired) electrons. The lowest BCUT2D eigenvalue weighted by Gasteiger charge is -2.10. The highest BCUT2D eigenvalue weighted by atomic mass is 79.9. The predicted octanol–water partition coefficient (Wildman–Crippen LogP) is 3.93. The first kappa shape index (κ1) is 23.8. The van der Waals surface area contributed by atoms with Crippen LogP contribution in [0.5, 0.6) is 5.75 Å². The lowest BCUT2D eigenvalue weighted by Crippen LogP contribution is -2.25. The molecule has 0 saturated heterocycles. The van der Waals surface area contributed by atoms with Crippen molar-refractivity contribution in [1.82, 2.24) is 15.2 Å². The summed E-state index contributed by atoms with van der Waals surface area (Å²) in [5.74, 6) is -1.11. The highest BCUT2D eigenvalue weighted by Crippen LogP contribution is 2.24. The molecular formula is C22H20BrN5O5. The SMILES string of the molecule is CC(=NNC(=O)Cn1nc(C)c(Br)c1C)c1ccccc1OC(=O)c1ccccc1[N+](=O)[O-]. The third kappa shape index (κ3) is 5.50. The van der Waals surface area contributed by atoms with Gasteiger partial charge in [0.15, 0.2) is 0 Å². The van der Waals surface area contributed by atoms with Gasteiger partial charge in [0, 0.05) is 11.6 Å². The lowest BCUT2D eigenvalue weighted by molar-refractivity contribution is -0.385. The number of hydrogen-bond donors (Lipinski definition) is 1. The van der Waals surface area contributed by atoms with Gasteiger partial charge in [-0.05, 0) is 54.9 Å². The molecule has 3 aromatic rings. The molecule has 0 bridgehead atoms. The first-order chi connectivity index (χ1) is 15.7. The summed E-state index contributed by atoms with van der Waals surface area (Å²) in [4.78, 5) is 35.5. The molecule has 0 atom stereocenters. The highest BCUT2D eigenvalue weighted by molar-refractivity contribution is 9.10. The molecule has 0 fully saturated rings. The molecule has 1 heterocycles. The van der Waals surface area contributed by atoms with Gasteiger partial charge in [-0.15, -0.1) is 0 Å². The number of carbonyl (C=O) groups is 2. The predicted molar refractivity (Wildman–Crippen MR) is 124 cm³/mol. The summed E-state index contributed by atoms with van der Waals surface area (Å²) in [6.07, 6.45) is 0. The maximum Gasteiger partial charge on any atom is 0.350 e. The van der Waals surface area contributed by atoms with E-state index >= 15 is 0 Å². The molecule has 1 aromatic heterocycles. The first-order valence-electron chi connectivity index (χ1n) is 9.76. The number of hydrogen-bond acceptors (Lipinski definition) is 7. The summed E-state index contributed by atoms with van der Waals surface area (Å²) in [5.41, 5.74) is 4.35. The minimum Gasteiger partial charge on any atom is -0.422 e. The van der Waals surface area contributed by atoms with Gasteiger partial charge in [-0.1, -0.05) is 24.3 Å². The van der Waals surface area contributed by atoms with Crippen molar-refractivity contribution in [1.29, 1.82) is 0 Å². The Morgan fingerprint density at radius 2 is 1.79 bits per heavy atom. The van der Waals surface area contributed by atoms with Crippen molar-refractivity contribution in [3.63, 3.8) is 0 Å². The Labute approximate surface area is 197 Å². The van der Waals surface area contributed by atoms with E-state index in [1.54, 1.807) is 29.8 Å². The number of rotatable bonds is 7. The van der Waals surface area contributed by atoms with Crippen molar-refractivity contribution in [2.24, 2.45) is 5.10 Å². The van der Waals surface area contributed by atoms with Crippen LogP contribution in [0.1, 0.15) is 34.2 Å². The van der Waals surface area contributed by atoms with Gasteiger partial charge in [-0.2, -0.15) is 10.2 Å². The fourth-order valence-corrected chi connectivity index (χ4v) is 3.31. The second kappa shape index (κ2) is 10.2. The second-order valence-corrected chi connectivity index (χ2v) is 7.83. The zero-order valence-corrected chi connectivity index (χ0v) is 19.6. The zero-order valence-electron chi connectivity index (χ0n) is 18.0. The van der Waals surface area contributed by atoms with E-state index in [0.29, 0.717) is 11.3 Å². The molecule has 2 aromatic carbocycles. The number of nitro benzene ring substituents is 1. The van der Waals surface area contributed by atoms with E-state index in [2.05, 4.69) is 31.6 Å². The number of carbonyl (C=O) groups excluding carboxylic acids is 2. The Bertz CT molecular complexity index is 1270. The van der Waals surface area contributed by atoms with Crippen molar-refractivity contribution in [3.8, 4) is 5.75 Å². The molecule has 0 saturated carbocycles. The summed E-state index contributed by atoms with van der Waals surface area (Å²) in [6, 6.07) is 12.1. The van der Waals surface area contributed by atoms with Crippen LogP contribution in [-0.4, -0.2) is 32.3 Å². The van der Waals surface area contributed by atoms with Crippen molar-refractivity contribution < 1.29 is 19.2 Å². The first-order valence-corrected chi connectivity index (χ1v) is 10.6. The van der Waals surface area contributed by atoms with E-state index in [1.807, 2.05) is 13.8 Å². The fraction of sp³-hybridized carbons (Fsp3) is 0.182. The molecule has 10 nitrogen and oxygen atoms in total. The van der Waals surface area contributed by atoms with E-state index < -0.39 is 10.9 Å². The minimum atomic E-state index is -0.873. The lowest BCUT2D eigenvalue weighted by atomic mass is 10.1. The van der Waals surface area contributed by atoms with Crippen LogP contribution in [0, 0.1) is 24.0 Å². The van der Waals surface area contributed by atoms with E-state index in [4.69, 9.17) is 4.74 Å². The average Bonchev–Trinajstić information content (AvgIpc) is 3.04. The van der Waals surface area contributed by atoms with E-state index in [9.17, 15) is 19.7 Å². The highest BCUT2D eigenvalue weighted by Gasteiger charge is 2.22. The van der Waals surface area contributed by atoms with Crippen LogP contribution in [0.2, 0.25) is 0 Å². The van der Waals surface area contributed by atoms with Crippen molar-refractivity contribution in [2.45, 2.75) is 27.3 Å². The normalized spacial score (nSPS) is 11.2. The molecule has 0 aliphatic carbocycles. The molecule has 0 unspecified atom stereocenters. The quantitative estimate of drug-likeness (QED) is 0.167. The summed E-state index contributed by atoms with van der Waals surface area (Å²) < 4.78 is 7.82. The third-order valence-corrected chi connectivity index (χ3v) is 5.88. The number of hydrazone groups is 1. The van der Waals surface area contributed by atoms with Crippen molar-refractivity contribution in [3.05, 3.63) is 85.6 Å². The number of nitrogens with zero attached hydrogens (tertiary/aromatic N) is 4. The Morgan fingerprint density at radius 1 is 1.15 bits per heavy atom. The summed E-state index contributed by atoms with van der Waals surface area (Å²) in [6.45, 7) is 5.28. The second-order valence-electron chi connectivity index (χ2n) is 7.03. The number of esters is 1. The number of aryl methyl sites for hydroxylation is 1. The van der Waals surface area contributed by atoms with Gasteiger partial charge in [0.25, 0.3) is 11.6 Å². The van der Waals surface area contributed by atoms with Gasteiger partial charge in [0.2, 0.25) is 0 Å². The monoisotopic (exact) mass is 513 g/mol. The number of ether oxygens (including phenoxy) is 1.